The lowest BCUT2D eigenvalue weighted by Gasteiger charge is -2.13. The van der Waals surface area contributed by atoms with Crippen LogP contribution >= 0.6 is 0 Å². The van der Waals surface area contributed by atoms with Gasteiger partial charge in [0, 0.05) is 12.0 Å². The normalized spacial score (nSPS) is 17.6. The number of hydrazine groups is 1. The Kier molecular flexibility index (Phi) is 6.30. The Bertz CT molecular complexity index is 944. The number of amides is 2. The molecule has 2 aromatic carbocycles. The second-order valence-electron chi connectivity index (χ2n) is 6.72. The van der Waals surface area contributed by atoms with Crippen LogP contribution in [0.25, 0.3) is 11.1 Å². The van der Waals surface area contributed by atoms with E-state index in [1.165, 1.54) is 0 Å². The van der Waals surface area contributed by atoms with Crippen molar-refractivity contribution in [1.82, 2.24) is 10.9 Å². The Hall–Kier alpha value is -2.87. The number of hydrogen-bond acceptors (Lipinski definition) is 5. The molecule has 1 aliphatic heterocycles. The van der Waals surface area contributed by atoms with Crippen molar-refractivity contribution in [3.63, 3.8) is 0 Å². The summed E-state index contributed by atoms with van der Waals surface area (Å²) in [5, 5.41) is 0. The van der Waals surface area contributed by atoms with Gasteiger partial charge < -0.3 is 4.74 Å². The average Bonchev–Trinajstić information content (AvgIpc) is 3.04. The highest BCUT2D eigenvalue weighted by Gasteiger charge is 2.29. The summed E-state index contributed by atoms with van der Waals surface area (Å²) < 4.78 is 28.4. The second kappa shape index (κ2) is 8.88. The standard InChI is InChI=1S/C20H22N2O5S/c23-19(12-15-10-11-28(25,26)14-15)21-22-20(24)13-27-18-9-5-4-8-17(18)16-6-2-1-3-7-16/h1-9,15H,10-14H2,(H,21,23)(H,22,24)/t15-/m1/s1. The first-order valence-corrected chi connectivity index (χ1v) is 10.8. The highest BCUT2D eigenvalue weighted by Crippen LogP contribution is 2.29. The van der Waals surface area contributed by atoms with Crippen molar-refractivity contribution < 1.29 is 22.7 Å². The maximum atomic E-state index is 12.0. The lowest BCUT2D eigenvalue weighted by molar-refractivity contribution is -0.130. The number of carbonyl (C=O) groups excluding carboxylic acids is 2. The van der Waals surface area contributed by atoms with Crippen molar-refractivity contribution in [2.45, 2.75) is 12.8 Å². The fourth-order valence-corrected chi connectivity index (χ4v) is 4.98. The maximum Gasteiger partial charge on any atom is 0.276 e. The van der Waals surface area contributed by atoms with Gasteiger partial charge in [-0.3, -0.25) is 20.4 Å². The van der Waals surface area contributed by atoms with Crippen LogP contribution in [0, 0.1) is 5.92 Å². The summed E-state index contributed by atoms with van der Waals surface area (Å²) >= 11 is 0. The third kappa shape index (κ3) is 5.56. The zero-order valence-corrected chi connectivity index (χ0v) is 16.1. The Morgan fingerprint density at radius 3 is 2.36 bits per heavy atom. The van der Waals surface area contributed by atoms with Crippen LogP contribution in [0.15, 0.2) is 54.6 Å². The fourth-order valence-electron chi connectivity index (χ4n) is 3.11. The molecule has 2 amide bonds. The molecule has 1 aliphatic rings. The molecule has 3 rings (SSSR count). The van der Waals surface area contributed by atoms with Crippen LogP contribution in [0.1, 0.15) is 12.8 Å². The maximum absolute atomic E-state index is 12.0. The van der Waals surface area contributed by atoms with Crippen molar-refractivity contribution >= 4 is 21.7 Å². The molecule has 1 fully saturated rings. The number of para-hydroxylation sites is 1. The van der Waals surface area contributed by atoms with Crippen molar-refractivity contribution in [2.24, 2.45) is 5.92 Å². The molecular formula is C20H22N2O5S. The molecule has 148 valence electrons. The molecule has 28 heavy (non-hydrogen) atoms. The lowest BCUT2D eigenvalue weighted by Crippen LogP contribution is -2.44. The first-order chi connectivity index (χ1) is 13.4. The summed E-state index contributed by atoms with van der Waals surface area (Å²) in [7, 11) is -3.03. The van der Waals surface area contributed by atoms with E-state index in [1.807, 2.05) is 48.5 Å². The van der Waals surface area contributed by atoms with Crippen LogP contribution in [0.4, 0.5) is 0 Å². The highest BCUT2D eigenvalue weighted by atomic mass is 32.2. The van der Waals surface area contributed by atoms with Crippen molar-refractivity contribution in [1.29, 1.82) is 0 Å². The molecule has 7 nitrogen and oxygen atoms in total. The van der Waals surface area contributed by atoms with Crippen LogP contribution in [-0.2, 0) is 19.4 Å². The number of rotatable bonds is 6. The number of benzene rings is 2. The van der Waals surface area contributed by atoms with Gasteiger partial charge in [-0.25, -0.2) is 8.42 Å². The SMILES string of the molecule is O=C(COc1ccccc1-c1ccccc1)NNC(=O)C[C@H]1CCS(=O)(=O)C1. The predicted molar refractivity (Wildman–Crippen MR) is 105 cm³/mol. The van der Waals surface area contributed by atoms with Crippen molar-refractivity contribution in [3.8, 4) is 16.9 Å². The monoisotopic (exact) mass is 402 g/mol. The highest BCUT2D eigenvalue weighted by molar-refractivity contribution is 7.91. The lowest BCUT2D eigenvalue weighted by atomic mass is 10.1. The van der Waals surface area contributed by atoms with Gasteiger partial charge in [0.25, 0.3) is 5.91 Å². The van der Waals surface area contributed by atoms with Crippen LogP contribution in [0.3, 0.4) is 0 Å². The van der Waals surface area contributed by atoms with Crippen molar-refractivity contribution in [3.05, 3.63) is 54.6 Å². The molecule has 0 radical (unpaired) electrons. The van der Waals surface area contributed by atoms with E-state index in [0.29, 0.717) is 12.2 Å². The number of hydrogen-bond donors (Lipinski definition) is 2. The van der Waals surface area contributed by atoms with Gasteiger partial charge in [0.15, 0.2) is 16.4 Å². The van der Waals surface area contributed by atoms with E-state index in [4.69, 9.17) is 4.74 Å². The molecule has 8 heteroatoms. The summed E-state index contributed by atoms with van der Waals surface area (Å²) in [4.78, 5) is 23.8. The summed E-state index contributed by atoms with van der Waals surface area (Å²) in [5.41, 5.74) is 6.43. The molecule has 0 bridgehead atoms. The van der Waals surface area contributed by atoms with E-state index in [1.54, 1.807) is 6.07 Å². The molecule has 0 unspecified atom stereocenters. The fraction of sp³-hybridized carbons (Fsp3) is 0.300. The number of sulfone groups is 1. The number of nitrogens with one attached hydrogen (secondary N) is 2. The quantitative estimate of drug-likeness (QED) is 0.716. The summed E-state index contributed by atoms with van der Waals surface area (Å²) in [6.45, 7) is -0.262. The van der Waals surface area contributed by atoms with E-state index < -0.39 is 21.7 Å². The molecule has 0 aromatic heterocycles. The van der Waals surface area contributed by atoms with Gasteiger partial charge in [-0.05, 0) is 24.0 Å². The van der Waals surface area contributed by atoms with Crippen LogP contribution in [-0.4, -0.2) is 38.3 Å². The third-order valence-electron chi connectivity index (χ3n) is 4.47. The molecule has 1 heterocycles. The Morgan fingerprint density at radius 1 is 0.964 bits per heavy atom. The van der Waals surface area contributed by atoms with Gasteiger partial charge in [0.05, 0.1) is 11.5 Å². The Morgan fingerprint density at radius 2 is 1.64 bits per heavy atom. The molecule has 1 atom stereocenters. The first kappa shape index (κ1) is 19.9. The molecule has 2 aromatic rings. The average molecular weight is 402 g/mol. The van der Waals surface area contributed by atoms with Gasteiger partial charge in [-0.1, -0.05) is 48.5 Å². The molecule has 0 aliphatic carbocycles. The van der Waals surface area contributed by atoms with E-state index in [9.17, 15) is 18.0 Å². The first-order valence-electron chi connectivity index (χ1n) is 8.98. The van der Waals surface area contributed by atoms with Crippen LogP contribution in [0.2, 0.25) is 0 Å². The van der Waals surface area contributed by atoms with Gasteiger partial charge in [-0.2, -0.15) is 0 Å². The number of ether oxygens (including phenoxy) is 1. The summed E-state index contributed by atoms with van der Waals surface area (Å²) in [6, 6.07) is 17.0. The molecule has 0 spiro atoms. The van der Waals surface area contributed by atoms with Gasteiger partial charge in [0.1, 0.15) is 5.75 Å². The van der Waals surface area contributed by atoms with Crippen LogP contribution < -0.4 is 15.6 Å². The topological polar surface area (TPSA) is 102 Å². The molecule has 2 N–H and O–H groups in total. The third-order valence-corrected chi connectivity index (χ3v) is 6.31. The van der Waals surface area contributed by atoms with E-state index in [2.05, 4.69) is 10.9 Å². The molecule has 0 saturated carbocycles. The second-order valence-corrected chi connectivity index (χ2v) is 8.95. The Labute approximate surface area is 164 Å². The zero-order valence-electron chi connectivity index (χ0n) is 15.3. The van der Waals surface area contributed by atoms with Crippen molar-refractivity contribution in [2.75, 3.05) is 18.1 Å². The minimum absolute atomic E-state index is 0.0216. The summed E-state index contributed by atoms with van der Waals surface area (Å²) in [5.74, 6) is -0.419. The Balaban J connectivity index is 1.47. The largest absolute Gasteiger partial charge is 0.483 e. The summed E-state index contributed by atoms with van der Waals surface area (Å²) in [6.07, 6.45) is 0.542. The molecular weight excluding hydrogens is 380 g/mol. The predicted octanol–water partition coefficient (Wildman–Crippen LogP) is 1.70. The van der Waals surface area contributed by atoms with Gasteiger partial charge in [0.2, 0.25) is 5.91 Å². The van der Waals surface area contributed by atoms with E-state index in [0.717, 1.165) is 11.1 Å². The number of carbonyl (C=O) groups is 2. The zero-order chi connectivity index (χ0) is 20.0. The van der Waals surface area contributed by atoms with E-state index >= 15 is 0 Å². The van der Waals surface area contributed by atoms with Crippen LogP contribution in [0.5, 0.6) is 5.75 Å². The molecule has 1 saturated heterocycles. The van der Waals surface area contributed by atoms with E-state index in [-0.39, 0.29) is 30.5 Å². The van der Waals surface area contributed by atoms with Gasteiger partial charge in [-0.15, -0.1) is 0 Å². The minimum Gasteiger partial charge on any atom is -0.483 e. The minimum atomic E-state index is -3.03. The smallest absolute Gasteiger partial charge is 0.276 e. The van der Waals surface area contributed by atoms with Gasteiger partial charge >= 0.3 is 0 Å².